The van der Waals surface area contributed by atoms with Gasteiger partial charge in [-0.05, 0) is 116 Å². The Hall–Kier alpha value is -6.86. The summed E-state index contributed by atoms with van der Waals surface area (Å²) in [4.78, 5) is 74.7. The minimum atomic E-state index is -2.21. The molecular formula is C57H56ClN5O6P+. The number of piperazine rings is 1. The van der Waals surface area contributed by atoms with E-state index in [1.54, 1.807) is 29.2 Å². The average molecular weight is 974 g/mol. The Kier molecular flexibility index (Phi) is 15.0. The molecule has 4 heterocycles. The standard InChI is InChI=1S/C57H55ClN5O6P/c58-38-40-14-10-15-42(34-40)55(66)60-50(51(64)24-13-33-70(46-17-4-1-5-18-46,47-19-6-2-7-20-47)48-21-8-3-9-22-48)25-26-52(65)61-29-31-63(32-30-61)56(67)45(39-59)37-44-36-43-35-41-16-11-27-62-28-12-23-49(53(41)62)54(43)69-57(44)68/h1-10,14-15,17-22,34-37,50H,11-13,16,23-33,38H2/p+1/t50-/m0/s1. The highest BCUT2D eigenvalue weighted by Crippen LogP contribution is 2.56. The molecule has 1 fully saturated rings. The fourth-order valence-electron chi connectivity index (χ4n) is 10.5. The van der Waals surface area contributed by atoms with Crippen molar-refractivity contribution >= 4 is 81.0 Å². The Bertz CT molecular complexity index is 2940. The van der Waals surface area contributed by atoms with Crippen LogP contribution in [-0.4, -0.2) is 84.8 Å². The molecule has 0 bridgehead atoms. The van der Waals surface area contributed by atoms with E-state index in [9.17, 15) is 29.2 Å². The number of anilines is 1. The molecule has 13 heteroatoms. The molecule has 1 atom stereocenters. The van der Waals surface area contributed by atoms with Gasteiger partial charge in [0.05, 0.1) is 17.8 Å². The Labute approximate surface area is 414 Å². The number of carbonyl (C=O) groups is 4. The molecule has 0 spiro atoms. The van der Waals surface area contributed by atoms with Crippen LogP contribution in [0, 0.1) is 11.3 Å². The lowest BCUT2D eigenvalue weighted by atomic mass is 9.90. The van der Waals surface area contributed by atoms with Crippen LogP contribution in [0.1, 0.15) is 71.1 Å². The number of Topliss-reactive ketones (excluding diaryl/α,β-unsaturated/α-hetero) is 1. The molecule has 0 saturated carbocycles. The summed E-state index contributed by atoms with van der Waals surface area (Å²) in [5.41, 5.74) is 4.52. The molecule has 5 aromatic carbocycles. The van der Waals surface area contributed by atoms with E-state index >= 15 is 0 Å². The maximum Gasteiger partial charge on any atom is 0.343 e. The number of fused-ring (bicyclic) bond motifs is 2. The molecule has 0 unspecified atom stereocenters. The van der Waals surface area contributed by atoms with Crippen molar-refractivity contribution < 1.29 is 23.6 Å². The molecule has 1 N–H and O–H groups in total. The summed E-state index contributed by atoms with van der Waals surface area (Å²) in [7, 11) is -2.21. The topological polar surface area (TPSA) is 144 Å². The molecule has 3 amide bonds. The number of hydrogen-bond donors (Lipinski definition) is 1. The summed E-state index contributed by atoms with van der Waals surface area (Å²) in [6.45, 7) is 2.76. The molecule has 3 aliphatic rings. The highest BCUT2D eigenvalue weighted by atomic mass is 35.5. The van der Waals surface area contributed by atoms with Gasteiger partial charge in [-0.3, -0.25) is 19.2 Å². The predicted molar refractivity (Wildman–Crippen MR) is 279 cm³/mol. The molecule has 3 aliphatic heterocycles. The van der Waals surface area contributed by atoms with E-state index in [0.717, 1.165) is 61.4 Å². The average Bonchev–Trinajstić information content (AvgIpc) is 3.41. The fourth-order valence-corrected chi connectivity index (χ4v) is 15.0. The van der Waals surface area contributed by atoms with Crippen molar-refractivity contribution in [3.8, 4) is 6.07 Å². The van der Waals surface area contributed by atoms with Crippen LogP contribution in [0.15, 0.2) is 142 Å². The lowest BCUT2D eigenvalue weighted by Gasteiger charge is -2.37. The number of nitriles is 1. The third-order valence-electron chi connectivity index (χ3n) is 14.0. The molecular weight excluding hydrogens is 917 g/mol. The van der Waals surface area contributed by atoms with Gasteiger partial charge in [0.1, 0.15) is 40.4 Å². The van der Waals surface area contributed by atoms with Gasteiger partial charge in [0.25, 0.3) is 11.8 Å². The van der Waals surface area contributed by atoms with Crippen molar-refractivity contribution in [3.63, 3.8) is 0 Å². The first-order valence-electron chi connectivity index (χ1n) is 24.3. The lowest BCUT2D eigenvalue weighted by molar-refractivity contribution is -0.137. The third-order valence-corrected chi connectivity index (χ3v) is 18.8. The van der Waals surface area contributed by atoms with Crippen LogP contribution in [0.3, 0.4) is 0 Å². The molecule has 1 aromatic heterocycles. The number of carbonyl (C=O) groups excluding carboxylic acids is 4. The molecule has 11 nitrogen and oxygen atoms in total. The minimum absolute atomic E-state index is 0.00855. The van der Waals surface area contributed by atoms with Crippen molar-refractivity contribution in [1.29, 1.82) is 5.26 Å². The second kappa shape index (κ2) is 21.8. The smallest absolute Gasteiger partial charge is 0.343 e. The van der Waals surface area contributed by atoms with E-state index < -0.39 is 30.7 Å². The van der Waals surface area contributed by atoms with E-state index in [2.05, 4.69) is 89.1 Å². The highest BCUT2D eigenvalue weighted by molar-refractivity contribution is 7.95. The zero-order valence-corrected chi connectivity index (χ0v) is 40.8. The number of benzene rings is 5. The van der Waals surface area contributed by atoms with Gasteiger partial charge in [0.15, 0.2) is 5.78 Å². The van der Waals surface area contributed by atoms with Gasteiger partial charge in [-0.15, -0.1) is 11.6 Å². The minimum Gasteiger partial charge on any atom is -0.422 e. The van der Waals surface area contributed by atoms with Gasteiger partial charge in [-0.1, -0.05) is 66.7 Å². The second-order valence-corrected chi connectivity index (χ2v) is 22.2. The zero-order valence-electron chi connectivity index (χ0n) is 39.2. The number of hydrogen-bond acceptors (Lipinski definition) is 8. The van der Waals surface area contributed by atoms with Gasteiger partial charge in [-0.25, -0.2) is 4.79 Å². The van der Waals surface area contributed by atoms with Gasteiger partial charge in [0.2, 0.25) is 5.91 Å². The van der Waals surface area contributed by atoms with Gasteiger partial charge >= 0.3 is 5.63 Å². The monoisotopic (exact) mass is 972 g/mol. The normalized spacial score (nSPS) is 15.2. The zero-order chi connectivity index (χ0) is 48.6. The number of nitrogens with zero attached hydrogens (tertiary/aromatic N) is 4. The Balaban J connectivity index is 0.872. The maximum absolute atomic E-state index is 14.4. The number of nitrogens with one attached hydrogen (secondary N) is 1. The summed E-state index contributed by atoms with van der Waals surface area (Å²) in [5, 5.41) is 17.6. The van der Waals surface area contributed by atoms with Crippen molar-refractivity contribution in [2.45, 2.75) is 63.3 Å². The van der Waals surface area contributed by atoms with E-state index in [1.807, 2.05) is 30.3 Å². The Morgan fingerprint density at radius 3 is 2.01 bits per heavy atom. The van der Waals surface area contributed by atoms with E-state index in [0.29, 0.717) is 17.6 Å². The first kappa shape index (κ1) is 48.2. The summed E-state index contributed by atoms with van der Waals surface area (Å²) < 4.78 is 5.91. The van der Waals surface area contributed by atoms with Crippen molar-refractivity contribution in [1.82, 2.24) is 15.1 Å². The summed E-state index contributed by atoms with van der Waals surface area (Å²) in [5.74, 6) is -1.10. The number of ketones is 1. The quantitative estimate of drug-likeness (QED) is 0.0342. The number of halogens is 1. The SMILES string of the molecule is N#CC(=Cc1cc2cc3c4c(c2oc1=O)CCCN4CCC3)C(=O)N1CCN(C(=O)CC[C@H](NC(=O)c2cccc(CCl)c2)C(=O)CCC[P+](c2ccccc2)(c2ccccc2)c2ccccc2)CC1. The molecule has 9 rings (SSSR count). The van der Waals surface area contributed by atoms with Crippen molar-refractivity contribution in [2.75, 3.05) is 50.3 Å². The Morgan fingerprint density at radius 1 is 0.757 bits per heavy atom. The molecule has 70 heavy (non-hydrogen) atoms. The second-order valence-electron chi connectivity index (χ2n) is 18.3. The molecule has 0 aliphatic carbocycles. The number of alkyl halides is 1. The number of amides is 3. The van der Waals surface area contributed by atoms with Crippen LogP contribution < -0.4 is 31.8 Å². The summed E-state index contributed by atoms with van der Waals surface area (Å²) >= 11 is 6.10. The highest BCUT2D eigenvalue weighted by Gasteiger charge is 2.45. The fraction of sp³-hybridized carbons (Fsp3) is 0.298. The van der Waals surface area contributed by atoms with E-state index in [4.69, 9.17) is 16.0 Å². The van der Waals surface area contributed by atoms with Crippen LogP contribution in [0.5, 0.6) is 0 Å². The lowest BCUT2D eigenvalue weighted by Crippen LogP contribution is -2.51. The summed E-state index contributed by atoms with van der Waals surface area (Å²) in [6.07, 6.45) is 6.66. The number of aryl methyl sites for hydroxylation is 2. The third kappa shape index (κ3) is 10.2. The van der Waals surface area contributed by atoms with Gasteiger partial charge in [0, 0.05) is 80.2 Å². The molecule has 1 saturated heterocycles. The van der Waals surface area contributed by atoms with Crippen LogP contribution >= 0.6 is 18.9 Å². The largest absolute Gasteiger partial charge is 0.422 e. The maximum atomic E-state index is 14.4. The van der Waals surface area contributed by atoms with Crippen molar-refractivity contribution in [3.05, 3.63) is 171 Å². The van der Waals surface area contributed by atoms with E-state index in [-0.39, 0.29) is 74.1 Å². The Morgan fingerprint density at radius 2 is 1.39 bits per heavy atom. The van der Waals surface area contributed by atoms with E-state index in [1.165, 1.54) is 38.1 Å². The first-order valence-corrected chi connectivity index (χ1v) is 26.8. The van der Waals surface area contributed by atoms with Crippen LogP contribution in [-0.2, 0) is 33.1 Å². The van der Waals surface area contributed by atoms with Crippen LogP contribution in [0.4, 0.5) is 5.69 Å². The summed E-state index contributed by atoms with van der Waals surface area (Å²) in [6, 6.07) is 43.2. The molecule has 0 radical (unpaired) electrons. The number of rotatable bonds is 16. The van der Waals surface area contributed by atoms with Crippen molar-refractivity contribution in [2.24, 2.45) is 0 Å². The van der Waals surface area contributed by atoms with Gasteiger partial charge < -0.3 is 24.4 Å². The van der Waals surface area contributed by atoms with Gasteiger partial charge in [-0.2, -0.15) is 5.26 Å². The molecule has 6 aromatic rings. The van der Waals surface area contributed by atoms with Crippen LogP contribution in [0.25, 0.3) is 17.0 Å². The first-order chi connectivity index (χ1) is 34.2. The molecule has 356 valence electrons. The predicted octanol–water partition coefficient (Wildman–Crippen LogP) is 7.73. The van der Waals surface area contributed by atoms with Crippen LogP contribution in [0.2, 0.25) is 0 Å².